The topological polar surface area (TPSA) is 156 Å². The molecule has 3 aromatic rings. The van der Waals surface area contributed by atoms with Crippen molar-refractivity contribution in [3.63, 3.8) is 0 Å². The number of aliphatic hydroxyl groups excluding tert-OH is 2. The summed E-state index contributed by atoms with van der Waals surface area (Å²) in [5.74, 6) is -0.962. The second kappa shape index (κ2) is 16.9. The van der Waals surface area contributed by atoms with Gasteiger partial charge in [-0.2, -0.15) is 0 Å². The molecule has 0 saturated carbocycles. The first-order chi connectivity index (χ1) is 21.7. The highest BCUT2D eigenvalue weighted by atomic mass is 32.1. The van der Waals surface area contributed by atoms with E-state index < -0.39 is 24.1 Å². The summed E-state index contributed by atoms with van der Waals surface area (Å²) >= 11 is 1.57. The summed E-state index contributed by atoms with van der Waals surface area (Å²) in [5.41, 5.74) is 5.29. The van der Waals surface area contributed by atoms with E-state index in [9.17, 15) is 14.7 Å². The van der Waals surface area contributed by atoms with E-state index in [1.165, 1.54) is 4.90 Å². The smallest absolute Gasteiger partial charge is 0.243 e. The molecule has 12 nitrogen and oxygen atoms in total. The van der Waals surface area contributed by atoms with Crippen molar-refractivity contribution in [2.24, 2.45) is 5.92 Å². The highest BCUT2D eigenvalue weighted by Crippen LogP contribution is 2.32. The molecule has 4 atom stereocenters. The van der Waals surface area contributed by atoms with Crippen LogP contribution in [0.25, 0.3) is 10.4 Å². The standard InChI is InChI=1S/C32H44N4O8S/c1-20(2)29(28-15-21(3)35-44-28)32(40)36-17-25(38)16-27(36)31(39)34-26(18-43-14-13-42-12-11-41-10-9-37)23-5-7-24(8-6-23)30-22(4)33-19-45-30/h5-8,15,19-20,25-27,29,37-38H,9-14,16-18H2,1-4H3,(H,34,39)/t25-,26?,27+,29?/m1/s1. The zero-order chi connectivity index (χ0) is 32.3. The molecule has 1 saturated heterocycles. The number of ether oxygens (including phenoxy) is 3. The molecular formula is C32H44N4O8S. The minimum Gasteiger partial charge on any atom is -0.394 e. The SMILES string of the molecule is Cc1cc(C(C(=O)N2C[C@H](O)C[C@H]2C(=O)NC(COCCOCCOCCO)c2ccc(-c3scnc3C)cc2)C(C)C)on1. The van der Waals surface area contributed by atoms with E-state index in [0.29, 0.717) is 37.9 Å². The predicted octanol–water partition coefficient (Wildman–Crippen LogP) is 3.02. The number of β-amino-alcohol motifs (C(OH)–C–C–N with tert-alkyl or cyclic N) is 1. The van der Waals surface area contributed by atoms with Gasteiger partial charge >= 0.3 is 0 Å². The molecule has 45 heavy (non-hydrogen) atoms. The highest BCUT2D eigenvalue weighted by molar-refractivity contribution is 7.13. The number of thiazole rings is 1. The van der Waals surface area contributed by atoms with Crippen molar-refractivity contribution < 1.29 is 38.5 Å². The molecule has 2 aromatic heterocycles. The van der Waals surface area contributed by atoms with Crippen LogP contribution in [0.3, 0.4) is 0 Å². The minimum atomic E-state index is -0.860. The predicted molar refractivity (Wildman–Crippen MR) is 168 cm³/mol. The van der Waals surface area contributed by atoms with Crippen LogP contribution >= 0.6 is 11.3 Å². The van der Waals surface area contributed by atoms with Gasteiger partial charge in [0.1, 0.15) is 17.7 Å². The lowest BCUT2D eigenvalue weighted by Crippen LogP contribution is -2.49. The van der Waals surface area contributed by atoms with Gasteiger partial charge in [0, 0.05) is 19.0 Å². The quantitative estimate of drug-likeness (QED) is 0.187. The molecule has 3 N–H and O–H groups in total. The number of likely N-dealkylation sites (tertiary alicyclic amines) is 1. The van der Waals surface area contributed by atoms with Gasteiger partial charge < -0.3 is 39.2 Å². The third-order valence-electron chi connectivity index (χ3n) is 7.65. The molecule has 1 aliphatic rings. The summed E-state index contributed by atoms with van der Waals surface area (Å²) in [5, 5.41) is 26.4. The lowest BCUT2D eigenvalue weighted by molar-refractivity contribution is -0.141. The van der Waals surface area contributed by atoms with E-state index in [-0.39, 0.29) is 50.5 Å². The van der Waals surface area contributed by atoms with Crippen molar-refractivity contribution in [1.29, 1.82) is 0 Å². The number of nitrogens with zero attached hydrogens (tertiary/aromatic N) is 3. The van der Waals surface area contributed by atoms with Crippen LogP contribution in [-0.4, -0.2) is 102 Å². The zero-order valence-electron chi connectivity index (χ0n) is 26.3. The number of hydrogen-bond donors (Lipinski definition) is 3. The average molecular weight is 645 g/mol. The summed E-state index contributed by atoms with van der Waals surface area (Å²) in [6.45, 7) is 9.42. The van der Waals surface area contributed by atoms with Crippen molar-refractivity contribution in [3.05, 3.63) is 58.6 Å². The molecule has 1 aliphatic heterocycles. The number of rotatable bonds is 17. The van der Waals surface area contributed by atoms with Crippen LogP contribution < -0.4 is 5.32 Å². The van der Waals surface area contributed by atoms with Gasteiger partial charge in [-0.3, -0.25) is 9.59 Å². The van der Waals surface area contributed by atoms with Gasteiger partial charge in [0.2, 0.25) is 11.8 Å². The van der Waals surface area contributed by atoms with Crippen LogP contribution in [0.5, 0.6) is 0 Å². The molecule has 0 spiro atoms. The summed E-state index contributed by atoms with van der Waals surface area (Å²) in [7, 11) is 0. The second-order valence-electron chi connectivity index (χ2n) is 11.5. The van der Waals surface area contributed by atoms with Crippen LogP contribution in [0.4, 0.5) is 0 Å². The van der Waals surface area contributed by atoms with Crippen molar-refractivity contribution in [2.75, 3.05) is 52.8 Å². The number of hydrogen-bond acceptors (Lipinski definition) is 11. The molecule has 1 fully saturated rings. The lowest BCUT2D eigenvalue weighted by atomic mass is 9.91. The van der Waals surface area contributed by atoms with Crippen LogP contribution in [0.15, 0.2) is 40.4 Å². The maximum absolute atomic E-state index is 13.8. The molecule has 4 rings (SSSR count). The fourth-order valence-electron chi connectivity index (χ4n) is 5.39. The molecule has 0 radical (unpaired) electrons. The lowest BCUT2D eigenvalue weighted by Gasteiger charge is -2.30. The molecule has 0 aliphatic carbocycles. The van der Waals surface area contributed by atoms with Crippen molar-refractivity contribution in [3.8, 4) is 10.4 Å². The molecular weight excluding hydrogens is 600 g/mol. The second-order valence-corrected chi connectivity index (χ2v) is 12.3. The van der Waals surface area contributed by atoms with Gasteiger partial charge in [0.25, 0.3) is 0 Å². The number of carbonyl (C=O) groups excluding carboxylic acids is 2. The van der Waals surface area contributed by atoms with Crippen molar-refractivity contribution >= 4 is 23.2 Å². The molecule has 246 valence electrons. The zero-order valence-corrected chi connectivity index (χ0v) is 27.1. The minimum absolute atomic E-state index is 0.0355. The van der Waals surface area contributed by atoms with Crippen LogP contribution in [0.1, 0.15) is 54.9 Å². The van der Waals surface area contributed by atoms with Crippen molar-refractivity contribution in [2.45, 2.75) is 58.2 Å². The Morgan fingerprint density at radius 2 is 1.78 bits per heavy atom. The number of amides is 2. The highest BCUT2D eigenvalue weighted by Gasteiger charge is 2.43. The third kappa shape index (κ3) is 9.41. The van der Waals surface area contributed by atoms with Gasteiger partial charge in [-0.25, -0.2) is 4.98 Å². The summed E-state index contributed by atoms with van der Waals surface area (Å²) in [6, 6.07) is 8.24. The summed E-state index contributed by atoms with van der Waals surface area (Å²) < 4.78 is 22.1. The molecule has 0 bridgehead atoms. The summed E-state index contributed by atoms with van der Waals surface area (Å²) in [6.07, 6.45) is -0.703. The Bertz CT molecular complexity index is 1360. The number of nitrogens with one attached hydrogen (secondary N) is 1. The molecule has 1 aromatic carbocycles. The fraction of sp³-hybridized carbons (Fsp3) is 0.562. The van der Waals surface area contributed by atoms with E-state index >= 15 is 0 Å². The van der Waals surface area contributed by atoms with Crippen LogP contribution in [-0.2, 0) is 23.8 Å². The number of aromatic nitrogens is 2. The maximum atomic E-state index is 13.8. The van der Waals surface area contributed by atoms with E-state index in [4.69, 9.17) is 23.8 Å². The van der Waals surface area contributed by atoms with E-state index in [1.807, 2.05) is 50.5 Å². The van der Waals surface area contributed by atoms with Gasteiger partial charge in [-0.15, -0.1) is 11.3 Å². The maximum Gasteiger partial charge on any atom is 0.243 e. The Morgan fingerprint density at radius 3 is 2.38 bits per heavy atom. The molecule has 3 heterocycles. The van der Waals surface area contributed by atoms with E-state index in [0.717, 1.165) is 21.7 Å². The first-order valence-corrected chi connectivity index (χ1v) is 16.1. The fourth-order valence-corrected chi connectivity index (χ4v) is 6.20. The van der Waals surface area contributed by atoms with Crippen LogP contribution in [0, 0.1) is 19.8 Å². The van der Waals surface area contributed by atoms with Gasteiger partial charge in [-0.1, -0.05) is 43.3 Å². The van der Waals surface area contributed by atoms with E-state index in [2.05, 4.69) is 15.5 Å². The Labute approximate surface area is 267 Å². The third-order valence-corrected chi connectivity index (χ3v) is 8.63. The monoisotopic (exact) mass is 644 g/mol. The Morgan fingerprint density at radius 1 is 1.09 bits per heavy atom. The average Bonchev–Trinajstić information content (AvgIpc) is 3.75. The number of aliphatic hydroxyl groups is 2. The van der Waals surface area contributed by atoms with Gasteiger partial charge in [0.15, 0.2) is 0 Å². The Hall–Kier alpha value is -3.20. The molecule has 2 amide bonds. The normalized spacial score (nSPS) is 18.0. The Kier molecular flexibility index (Phi) is 13.0. The number of benzene rings is 1. The number of aryl methyl sites for hydroxylation is 2. The van der Waals surface area contributed by atoms with E-state index in [1.54, 1.807) is 24.3 Å². The molecule has 13 heteroatoms. The van der Waals surface area contributed by atoms with Crippen LogP contribution in [0.2, 0.25) is 0 Å². The van der Waals surface area contributed by atoms with Crippen molar-refractivity contribution in [1.82, 2.24) is 20.4 Å². The Balaban J connectivity index is 1.46. The number of carbonyl (C=O) groups is 2. The first kappa shape index (κ1) is 34.7. The summed E-state index contributed by atoms with van der Waals surface area (Å²) in [4.78, 5) is 34.5. The molecule has 2 unspecified atom stereocenters. The van der Waals surface area contributed by atoms with Gasteiger partial charge in [-0.05, 0) is 30.9 Å². The first-order valence-electron chi connectivity index (χ1n) is 15.3. The van der Waals surface area contributed by atoms with Gasteiger partial charge in [0.05, 0.1) is 80.2 Å². The largest absolute Gasteiger partial charge is 0.394 e.